The van der Waals surface area contributed by atoms with Gasteiger partial charge < -0.3 is 14.6 Å². The molecule has 0 spiro atoms. The number of rotatable bonds is 5. The Morgan fingerprint density at radius 3 is 2.56 bits per heavy atom. The van der Waals surface area contributed by atoms with Gasteiger partial charge in [-0.2, -0.15) is 0 Å². The Balaban J connectivity index is 1.95. The van der Waals surface area contributed by atoms with Gasteiger partial charge in [-0.1, -0.05) is 23.7 Å². The molecule has 1 unspecified atom stereocenters. The van der Waals surface area contributed by atoms with E-state index in [9.17, 15) is 9.59 Å². The molecular formula is C21H21ClN2O3. The largest absolute Gasteiger partial charge is 0.497 e. The van der Waals surface area contributed by atoms with Crippen LogP contribution in [0, 0.1) is 0 Å². The molecule has 0 radical (unpaired) electrons. The molecule has 0 fully saturated rings. The summed E-state index contributed by atoms with van der Waals surface area (Å²) in [4.78, 5) is 25.6. The summed E-state index contributed by atoms with van der Waals surface area (Å²) in [5.41, 5.74) is 1.46. The molecule has 1 heterocycles. The van der Waals surface area contributed by atoms with Crippen LogP contribution in [0.4, 0.5) is 0 Å². The minimum atomic E-state index is -0.410. The van der Waals surface area contributed by atoms with Crippen LogP contribution < -0.4 is 15.5 Å². The number of nitrogens with zero attached hydrogens (tertiary/aromatic N) is 1. The van der Waals surface area contributed by atoms with Gasteiger partial charge in [-0.05, 0) is 49.7 Å². The van der Waals surface area contributed by atoms with Crippen molar-refractivity contribution in [2.75, 3.05) is 7.11 Å². The quantitative estimate of drug-likeness (QED) is 0.718. The van der Waals surface area contributed by atoms with Gasteiger partial charge in [-0.15, -0.1) is 0 Å². The molecule has 1 amide bonds. The molecule has 0 aliphatic carbocycles. The summed E-state index contributed by atoms with van der Waals surface area (Å²) >= 11 is 6.05. The maximum atomic E-state index is 12.8. The van der Waals surface area contributed by atoms with E-state index in [0.29, 0.717) is 17.0 Å². The molecular weight excluding hydrogens is 364 g/mol. The number of nitrogens with one attached hydrogen (secondary N) is 1. The number of aryl methyl sites for hydroxylation is 1. The molecule has 27 heavy (non-hydrogen) atoms. The zero-order valence-corrected chi connectivity index (χ0v) is 16.2. The van der Waals surface area contributed by atoms with Crippen LogP contribution >= 0.6 is 11.6 Å². The van der Waals surface area contributed by atoms with Gasteiger partial charge in [0.15, 0.2) is 0 Å². The highest BCUT2D eigenvalue weighted by Gasteiger charge is 2.18. The third-order valence-electron chi connectivity index (χ3n) is 4.59. The number of benzene rings is 2. The number of hydrogen-bond donors (Lipinski definition) is 1. The van der Waals surface area contributed by atoms with Crippen LogP contribution in [0.15, 0.2) is 53.5 Å². The molecule has 2 aromatic carbocycles. The van der Waals surface area contributed by atoms with Crippen molar-refractivity contribution in [1.29, 1.82) is 0 Å². The smallest absolute Gasteiger partial charge is 0.257 e. The number of carbonyl (C=O) groups is 1. The van der Waals surface area contributed by atoms with Crippen LogP contribution in [-0.4, -0.2) is 17.6 Å². The van der Waals surface area contributed by atoms with Crippen molar-refractivity contribution >= 4 is 28.4 Å². The summed E-state index contributed by atoms with van der Waals surface area (Å²) in [6, 6.07) is 12.3. The molecule has 1 atom stereocenters. The molecule has 6 heteroatoms. The molecule has 0 saturated carbocycles. The van der Waals surface area contributed by atoms with Crippen LogP contribution in [0.5, 0.6) is 5.75 Å². The van der Waals surface area contributed by atoms with Crippen LogP contribution in [0.25, 0.3) is 10.9 Å². The fourth-order valence-electron chi connectivity index (χ4n) is 3.04. The summed E-state index contributed by atoms with van der Waals surface area (Å²) in [6.07, 6.45) is 1.61. The van der Waals surface area contributed by atoms with Gasteiger partial charge in [-0.3, -0.25) is 9.59 Å². The Morgan fingerprint density at radius 2 is 1.93 bits per heavy atom. The third-order valence-corrected chi connectivity index (χ3v) is 4.83. The number of ether oxygens (including phenoxy) is 1. The van der Waals surface area contributed by atoms with E-state index in [1.165, 1.54) is 0 Å². The number of carbonyl (C=O) groups excluding carboxylic acids is 1. The Labute approximate surface area is 162 Å². The van der Waals surface area contributed by atoms with E-state index in [2.05, 4.69) is 5.32 Å². The summed E-state index contributed by atoms with van der Waals surface area (Å²) in [6.45, 7) is 4.46. The van der Waals surface area contributed by atoms with Crippen molar-refractivity contribution in [2.45, 2.75) is 26.4 Å². The SMILES string of the molecule is CCn1cc(C(=O)NC(C)c2ccc(OC)cc2)c(=O)c2cc(Cl)ccc21. The van der Waals surface area contributed by atoms with Crippen LogP contribution in [-0.2, 0) is 6.54 Å². The first-order valence-electron chi connectivity index (χ1n) is 8.72. The molecule has 5 nitrogen and oxygen atoms in total. The predicted octanol–water partition coefficient (Wildman–Crippen LogP) is 4.17. The molecule has 3 rings (SSSR count). The third kappa shape index (κ3) is 3.83. The van der Waals surface area contributed by atoms with E-state index in [1.807, 2.05) is 42.7 Å². The zero-order valence-electron chi connectivity index (χ0n) is 15.5. The molecule has 0 aliphatic heterocycles. The van der Waals surface area contributed by atoms with Gasteiger partial charge in [0.25, 0.3) is 5.91 Å². The van der Waals surface area contributed by atoms with Gasteiger partial charge in [0.1, 0.15) is 11.3 Å². The van der Waals surface area contributed by atoms with Gasteiger partial charge in [0, 0.05) is 23.2 Å². The first-order valence-corrected chi connectivity index (χ1v) is 9.10. The molecule has 1 aromatic heterocycles. The second-order valence-electron chi connectivity index (χ2n) is 6.29. The van der Waals surface area contributed by atoms with Gasteiger partial charge in [-0.25, -0.2) is 0 Å². The molecule has 140 valence electrons. The predicted molar refractivity (Wildman–Crippen MR) is 108 cm³/mol. The fourth-order valence-corrected chi connectivity index (χ4v) is 3.22. The molecule has 0 saturated heterocycles. The van der Waals surface area contributed by atoms with Crippen LogP contribution in [0.3, 0.4) is 0 Å². The van der Waals surface area contributed by atoms with Gasteiger partial charge >= 0.3 is 0 Å². The Kier molecular flexibility index (Phi) is 5.51. The number of halogens is 1. The summed E-state index contributed by atoms with van der Waals surface area (Å²) in [5, 5.41) is 3.80. The lowest BCUT2D eigenvalue weighted by Gasteiger charge is -2.16. The lowest BCUT2D eigenvalue weighted by Crippen LogP contribution is -2.31. The first-order chi connectivity index (χ1) is 12.9. The second-order valence-corrected chi connectivity index (χ2v) is 6.72. The highest BCUT2D eigenvalue weighted by Crippen LogP contribution is 2.19. The number of hydrogen-bond acceptors (Lipinski definition) is 3. The number of amides is 1. The molecule has 0 aliphatic rings. The topological polar surface area (TPSA) is 60.3 Å². The Hall–Kier alpha value is -2.79. The Morgan fingerprint density at radius 1 is 1.22 bits per heavy atom. The van der Waals surface area contributed by atoms with Crippen molar-refractivity contribution in [2.24, 2.45) is 0 Å². The maximum absolute atomic E-state index is 12.8. The number of pyridine rings is 1. The Bertz CT molecular complexity index is 1040. The van der Waals surface area contributed by atoms with Gasteiger partial charge in [0.2, 0.25) is 5.43 Å². The number of fused-ring (bicyclic) bond motifs is 1. The monoisotopic (exact) mass is 384 g/mol. The summed E-state index contributed by atoms with van der Waals surface area (Å²) < 4.78 is 7.02. The highest BCUT2D eigenvalue weighted by atomic mass is 35.5. The standard InChI is InChI=1S/C21H21ClN2O3/c1-4-24-12-18(20(25)17-11-15(22)7-10-19(17)24)21(26)23-13(2)14-5-8-16(27-3)9-6-14/h5-13H,4H2,1-3H3,(H,23,26). The number of methoxy groups -OCH3 is 1. The average molecular weight is 385 g/mol. The zero-order chi connectivity index (χ0) is 19.6. The van der Waals surface area contributed by atoms with Crippen molar-refractivity contribution in [1.82, 2.24) is 9.88 Å². The van der Waals surface area contributed by atoms with E-state index >= 15 is 0 Å². The van der Waals surface area contributed by atoms with Crippen molar-refractivity contribution in [3.05, 3.63) is 75.0 Å². The average Bonchev–Trinajstić information content (AvgIpc) is 2.68. The summed E-state index contributed by atoms with van der Waals surface area (Å²) in [7, 11) is 1.60. The minimum absolute atomic E-state index is 0.104. The number of aromatic nitrogens is 1. The first kappa shape index (κ1) is 19.0. The van der Waals surface area contributed by atoms with Crippen molar-refractivity contribution in [3.8, 4) is 5.75 Å². The maximum Gasteiger partial charge on any atom is 0.257 e. The van der Waals surface area contributed by atoms with E-state index in [4.69, 9.17) is 16.3 Å². The van der Waals surface area contributed by atoms with Crippen molar-refractivity contribution < 1.29 is 9.53 Å². The normalized spacial score (nSPS) is 12.0. The van der Waals surface area contributed by atoms with Crippen molar-refractivity contribution in [3.63, 3.8) is 0 Å². The van der Waals surface area contributed by atoms with Crippen LogP contribution in [0.2, 0.25) is 5.02 Å². The van der Waals surface area contributed by atoms with E-state index in [0.717, 1.165) is 16.8 Å². The highest BCUT2D eigenvalue weighted by molar-refractivity contribution is 6.31. The fraction of sp³-hybridized carbons (Fsp3) is 0.238. The molecule has 3 aromatic rings. The van der Waals surface area contributed by atoms with E-state index in [1.54, 1.807) is 31.5 Å². The van der Waals surface area contributed by atoms with Gasteiger partial charge in [0.05, 0.1) is 18.7 Å². The molecule has 1 N–H and O–H groups in total. The van der Waals surface area contributed by atoms with E-state index in [-0.39, 0.29) is 17.0 Å². The second kappa shape index (κ2) is 7.84. The molecule has 0 bridgehead atoms. The summed E-state index contributed by atoms with van der Waals surface area (Å²) in [5.74, 6) is 0.335. The van der Waals surface area contributed by atoms with Crippen LogP contribution in [0.1, 0.15) is 35.8 Å². The lowest BCUT2D eigenvalue weighted by molar-refractivity contribution is 0.0938. The lowest BCUT2D eigenvalue weighted by atomic mass is 10.1. The minimum Gasteiger partial charge on any atom is -0.497 e. The van der Waals surface area contributed by atoms with E-state index < -0.39 is 5.91 Å².